The largest absolute Gasteiger partial charge is 0.345 e. The Morgan fingerprint density at radius 2 is 1.93 bits per heavy atom. The van der Waals surface area contributed by atoms with Crippen molar-refractivity contribution in [1.82, 2.24) is 14.3 Å². The minimum absolute atomic E-state index is 0.444. The van der Waals surface area contributed by atoms with Crippen LogP contribution in [0.2, 0.25) is 0 Å². The average molecular weight is 203 g/mol. The van der Waals surface area contributed by atoms with Gasteiger partial charge >= 0.3 is 0 Å². The molecule has 0 radical (unpaired) electrons. The highest BCUT2D eigenvalue weighted by molar-refractivity contribution is 5.14. The smallest absolute Gasteiger partial charge is 0.0614 e. The van der Waals surface area contributed by atoms with E-state index in [2.05, 4.69) is 42.6 Å². The fourth-order valence-electron chi connectivity index (χ4n) is 2.14. The molecular weight excluding hydrogens is 186 g/mol. The van der Waals surface area contributed by atoms with Gasteiger partial charge in [0.05, 0.1) is 12.6 Å². The fourth-order valence-corrected chi connectivity index (χ4v) is 2.14. The summed E-state index contributed by atoms with van der Waals surface area (Å²) in [6, 6.07) is 6.73. The minimum Gasteiger partial charge on any atom is -0.345 e. The van der Waals surface area contributed by atoms with Crippen LogP contribution in [0.15, 0.2) is 30.6 Å². The highest BCUT2D eigenvalue weighted by Gasteiger charge is 2.09. The summed E-state index contributed by atoms with van der Waals surface area (Å²) < 4.78 is 4.32. The molecule has 0 N–H and O–H groups in total. The van der Waals surface area contributed by atoms with Crippen LogP contribution < -0.4 is 0 Å². The fraction of sp³-hybridized carbons (Fsp3) is 0.417. The molecule has 0 aliphatic rings. The first-order valence-corrected chi connectivity index (χ1v) is 5.30. The third kappa shape index (κ3) is 1.96. The highest BCUT2D eigenvalue weighted by Crippen LogP contribution is 2.16. The van der Waals surface area contributed by atoms with Crippen molar-refractivity contribution in [2.45, 2.75) is 33.4 Å². The molecule has 0 bridgehead atoms. The first-order valence-electron chi connectivity index (χ1n) is 5.30. The number of aryl methyl sites for hydroxylation is 2. The zero-order chi connectivity index (χ0) is 10.8. The Bertz CT molecular complexity index is 406. The highest BCUT2D eigenvalue weighted by atomic mass is 15.3. The second-order valence-electron chi connectivity index (χ2n) is 4.06. The van der Waals surface area contributed by atoms with E-state index in [-0.39, 0.29) is 0 Å². The molecule has 0 aliphatic heterocycles. The predicted octanol–water partition coefficient (Wildman–Crippen LogP) is 2.56. The summed E-state index contributed by atoms with van der Waals surface area (Å²) in [6.07, 6.45) is 3.83. The molecule has 1 unspecified atom stereocenters. The van der Waals surface area contributed by atoms with Crippen LogP contribution in [0.5, 0.6) is 0 Å². The lowest BCUT2D eigenvalue weighted by molar-refractivity contribution is 0.427. The summed E-state index contributed by atoms with van der Waals surface area (Å²) in [5.74, 6) is 0. The van der Waals surface area contributed by atoms with Crippen LogP contribution in [-0.4, -0.2) is 14.3 Å². The molecule has 3 nitrogen and oxygen atoms in total. The van der Waals surface area contributed by atoms with E-state index in [1.807, 2.05) is 23.1 Å². The topological polar surface area (TPSA) is 22.8 Å². The van der Waals surface area contributed by atoms with Crippen molar-refractivity contribution < 1.29 is 0 Å². The number of rotatable bonds is 3. The standard InChI is InChI=1S/C12H17N3/c1-10-5-6-11(2)15(10)12(3)9-14-8-4-7-13-14/h4-8,12H,9H2,1-3H3. The zero-order valence-corrected chi connectivity index (χ0v) is 9.51. The van der Waals surface area contributed by atoms with Crippen LogP contribution in [-0.2, 0) is 6.54 Å². The van der Waals surface area contributed by atoms with Crippen LogP contribution in [0.3, 0.4) is 0 Å². The van der Waals surface area contributed by atoms with E-state index in [0.29, 0.717) is 6.04 Å². The van der Waals surface area contributed by atoms with E-state index >= 15 is 0 Å². The van der Waals surface area contributed by atoms with Gasteiger partial charge in [-0.3, -0.25) is 4.68 Å². The van der Waals surface area contributed by atoms with E-state index in [1.165, 1.54) is 11.4 Å². The van der Waals surface area contributed by atoms with Crippen LogP contribution in [0, 0.1) is 13.8 Å². The summed E-state index contributed by atoms with van der Waals surface area (Å²) in [6.45, 7) is 7.43. The van der Waals surface area contributed by atoms with E-state index in [0.717, 1.165) is 6.54 Å². The maximum absolute atomic E-state index is 4.23. The Morgan fingerprint density at radius 1 is 1.27 bits per heavy atom. The normalized spacial score (nSPS) is 13.0. The number of nitrogens with zero attached hydrogens (tertiary/aromatic N) is 3. The van der Waals surface area contributed by atoms with E-state index in [4.69, 9.17) is 0 Å². The first-order chi connectivity index (χ1) is 7.18. The predicted molar refractivity (Wildman–Crippen MR) is 60.8 cm³/mol. The molecule has 0 saturated heterocycles. The molecule has 2 aromatic heterocycles. The first kappa shape index (κ1) is 10.0. The lowest BCUT2D eigenvalue weighted by Gasteiger charge is -2.18. The van der Waals surface area contributed by atoms with Crippen LogP contribution in [0.25, 0.3) is 0 Å². The van der Waals surface area contributed by atoms with Gasteiger partial charge in [0.15, 0.2) is 0 Å². The molecule has 0 aromatic carbocycles. The molecule has 2 aromatic rings. The molecule has 0 spiro atoms. The Kier molecular flexibility index (Phi) is 2.62. The van der Waals surface area contributed by atoms with Gasteiger partial charge < -0.3 is 4.57 Å². The summed E-state index contributed by atoms with van der Waals surface area (Å²) in [5, 5.41) is 4.23. The SMILES string of the molecule is Cc1ccc(C)n1C(C)Cn1cccn1. The van der Waals surface area contributed by atoms with Gasteiger partial charge in [-0.05, 0) is 39.0 Å². The molecule has 0 aliphatic carbocycles. The molecule has 0 amide bonds. The Balaban J connectivity index is 2.18. The van der Waals surface area contributed by atoms with Crippen molar-refractivity contribution in [2.24, 2.45) is 0 Å². The Morgan fingerprint density at radius 3 is 2.47 bits per heavy atom. The van der Waals surface area contributed by atoms with Crippen LogP contribution in [0.1, 0.15) is 24.4 Å². The number of hydrogen-bond acceptors (Lipinski definition) is 1. The zero-order valence-electron chi connectivity index (χ0n) is 9.51. The Hall–Kier alpha value is -1.51. The van der Waals surface area contributed by atoms with Crippen LogP contribution in [0.4, 0.5) is 0 Å². The van der Waals surface area contributed by atoms with E-state index < -0.39 is 0 Å². The number of hydrogen-bond donors (Lipinski definition) is 0. The number of aromatic nitrogens is 3. The van der Waals surface area contributed by atoms with Crippen LogP contribution >= 0.6 is 0 Å². The third-order valence-corrected chi connectivity index (χ3v) is 2.78. The maximum atomic E-state index is 4.23. The molecule has 0 fully saturated rings. The average Bonchev–Trinajstić information content (AvgIpc) is 2.77. The van der Waals surface area contributed by atoms with Gasteiger partial charge in [-0.2, -0.15) is 5.10 Å². The summed E-state index contributed by atoms with van der Waals surface area (Å²) in [5.41, 5.74) is 2.62. The van der Waals surface area contributed by atoms with Gasteiger partial charge in [0.25, 0.3) is 0 Å². The van der Waals surface area contributed by atoms with Crippen molar-refractivity contribution >= 4 is 0 Å². The van der Waals surface area contributed by atoms with E-state index in [1.54, 1.807) is 0 Å². The van der Waals surface area contributed by atoms with Gasteiger partial charge in [0.2, 0.25) is 0 Å². The monoisotopic (exact) mass is 203 g/mol. The quantitative estimate of drug-likeness (QED) is 0.751. The minimum atomic E-state index is 0.444. The Labute approximate surface area is 90.3 Å². The molecule has 3 heteroatoms. The summed E-state index contributed by atoms with van der Waals surface area (Å²) in [4.78, 5) is 0. The molecule has 80 valence electrons. The van der Waals surface area contributed by atoms with Gasteiger partial charge in [-0.15, -0.1) is 0 Å². The molecular formula is C12H17N3. The van der Waals surface area contributed by atoms with Crippen molar-refractivity contribution in [3.05, 3.63) is 42.0 Å². The van der Waals surface area contributed by atoms with Gasteiger partial charge in [0.1, 0.15) is 0 Å². The second-order valence-corrected chi connectivity index (χ2v) is 4.06. The summed E-state index contributed by atoms with van der Waals surface area (Å²) in [7, 11) is 0. The van der Waals surface area contributed by atoms with Gasteiger partial charge in [-0.1, -0.05) is 0 Å². The lowest BCUT2D eigenvalue weighted by Crippen LogP contribution is -2.15. The van der Waals surface area contributed by atoms with Crippen molar-refractivity contribution in [1.29, 1.82) is 0 Å². The second kappa shape index (κ2) is 3.93. The molecule has 2 heterocycles. The van der Waals surface area contributed by atoms with Gasteiger partial charge in [-0.25, -0.2) is 0 Å². The lowest BCUT2D eigenvalue weighted by atomic mass is 10.3. The van der Waals surface area contributed by atoms with Crippen molar-refractivity contribution in [3.63, 3.8) is 0 Å². The van der Waals surface area contributed by atoms with Crippen molar-refractivity contribution in [2.75, 3.05) is 0 Å². The molecule has 15 heavy (non-hydrogen) atoms. The third-order valence-electron chi connectivity index (χ3n) is 2.78. The molecule has 1 atom stereocenters. The molecule has 0 saturated carbocycles. The maximum Gasteiger partial charge on any atom is 0.0614 e. The van der Waals surface area contributed by atoms with E-state index in [9.17, 15) is 0 Å². The molecule has 2 rings (SSSR count). The van der Waals surface area contributed by atoms with Gasteiger partial charge in [0, 0.05) is 23.8 Å². The summed E-state index contributed by atoms with van der Waals surface area (Å²) >= 11 is 0. The van der Waals surface area contributed by atoms with Crippen molar-refractivity contribution in [3.8, 4) is 0 Å².